The minimum Gasteiger partial charge on any atom is -0.504 e. The van der Waals surface area contributed by atoms with Crippen LogP contribution in [0.3, 0.4) is 0 Å². The third-order valence-corrected chi connectivity index (χ3v) is 3.80. The van der Waals surface area contributed by atoms with Gasteiger partial charge >= 0.3 is 0 Å². The number of benzene rings is 2. The number of phenolic OH excluding ortho intramolecular Hbond substituents is 2. The summed E-state index contributed by atoms with van der Waals surface area (Å²) in [6.45, 7) is 6.34. The van der Waals surface area contributed by atoms with Gasteiger partial charge in [-0.05, 0) is 27.8 Å². The minimum atomic E-state index is -0.547. The first-order chi connectivity index (χ1) is 8.34. The molecule has 0 saturated heterocycles. The molecular formula is C14H16O3Si. The largest absolute Gasteiger partial charge is 0.504 e. The molecule has 2 aromatic rings. The summed E-state index contributed by atoms with van der Waals surface area (Å²) in [5, 5.41) is 21.4. The Morgan fingerprint density at radius 2 is 1.72 bits per heavy atom. The Bertz CT molecular complexity index is 600. The Morgan fingerprint density at radius 1 is 1.06 bits per heavy atom. The lowest BCUT2D eigenvalue weighted by Crippen LogP contribution is -2.16. The molecule has 2 radical (unpaired) electrons. The summed E-state index contributed by atoms with van der Waals surface area (Å²) in [4.78, 5) is 9.33. The maximum atomic E-state index is 9.72. The van der Waals surface area contributed by atoms with E-state index < -0.39 is 9.76 Å². The van der Waals surface area contributed by atoms with Gasteiger partial charge in [0.2, 0.25) is 0 Å². The lowest BCUT2D eigenvalue weighted by Gasteiger charge is -2.20. The lowest BCUT2D eigenvalue weighted by molar-refractivity contribution is 0.407. The smallest absolute Gasteiger partial charge is 0.270 e. The van der Waals surface area contributed by atoms with Crippen molar-refractivity contribution in [3.05, 3.63) is 29.8 Å². The summed E-state index contributed by atoms with van der Waals surface area (Å²) in [6, 6.07) is 7.39. The van der Waals surface area contributed by atoms with Gasteiger partial charge in [-0.25, -0.2) is 0 Å². The summed E-state index contributed by atoms with van der Waals surface area (Å²) in [6.07, 6.45) is 0. The van der Waals surface area contributed by atoms with E-state index in [-0.39, 0.29) is 16.9 Å². The van der Waals surface area contributed by atoms with E-state index in [1.54, 1.807) is 0 Å². The topological polar surface area (TPSA) is 60.7 Å². The third-order valence-electron chi connectivity index (χ3n) is 3.07. The number of hydrogen-bond acceptors (Lipinski definition) is 3. The van der Waals surface area contributed by atoms with Crippen LogP contribution < -0.4 is 5.19 Å². The Morgan fingerprint density at radius 3 is 2.28 bits per heavy atom. The molecule has 2 aromatic carbocycles. The molecule has 4 heteroatoms. The molecule has 0 atom stereocenters. The molecule has 0 saturated carbocycles. The van der Waals surface area contributed by atoms with Gasteiger partial charge in [0.25, 0.3) is 9.76 Å². The average Bonchev–Trinajstić information content (AvgIpc) is 2.29. The second kappa shape index (κ2) is 4.30. The van der Waals surface area contributed by atoms with Gasteiger partial charge in [-0.1, -0.05) is 39.0 Å². The van der Waals surface area contributed by atoms with E-state index >= 15 is 0 Å². The van der Waals surface area contributed by atoms with Crippen molar-refractivity contribution < 1.29 is 15.0 Å². The highest BCUT2D eigenvalue weighted by Crippen LogP contribution is 2.31. The van der Waals surface area contributed by atoms with Gasteiger partial charge in [0.05, 0.1) is 0 Å². The molecule has 0 spiro atoms. The first-order valence-electron chi connectivity index (χ1n) is 5.74. The first-order valence-corrected chi connectivity index (χ1v) is 6.68. The summed E-state index contributed by atoms with van der Waals surface area (Å²) >= 11 is 0. The molecule has 0 aliphatic carbocycles. The summed E-state index contributed by atoms with van der Waals surface area (Å²) in [7, 11) is -0.547. The Labute approximate surface area is 109 Å². The van der Waals surface area contributed by atoms with Gasteiger partial charge in [-0.3, -0.25) is 0 Å². The highest BCUT2D eigenvalue weighted by molar-refractivity contribution is 6.51. The molecule has 0 aliphatic rings. The molecule has 0 amide bonds. The van der Waals surface area contributed by atoms with Crippen LogP contribution in [-0.4, -0.2) is 24.8 Å². The molecule has 18 heavy (non-hydrogen) atoms. The quantitative estimate of drug-likeness (QED) is 0.541. The van der Waals surface area contributed by atoms with Gasteiger partial charge < -0.3 is 15.0 Å². The number of hydrogen-bond donors (Lipinski definition) is 3. The fourth-order valence-corrected chi connectivity index (χ4v) is 2.54. The van der Waals surface area contributed by atoms with Crippen LogP contribution in [0.25, 0.3) is 10.8 Å². The van der Waals surface area contributed by atoms with Crippen molar-refractivity contribution in [1.82, 2.24) is 0 Å². The van der Waals surface area contributed by atoms with Crippen molar-refractivity contribution >= 4 is 25.7 Å². The number of aromatic hydroxyl groups is 2. The summed E-state index contributed by atoms with van der Waals surface area (Å²) < 4.78 is 0. The van der Waals surface area contributed by atoms with Gasteiger partial charge in [0, 0.05) is 5.19 Å². The van der Waals surface area contributed by atoms with E-state index in [9.17, 15) is 15.0 Å². The van der Waals surface area contributed by atoms with E-state index in [1.165, 1.54) is 6.07 Å². The average molecular weight is 260 g/mol. The van der Waals surface area contributed by atoms with Gasteiger partial charge in [-0.2, -0.15) is 0 Å². The maximum Gasteiger partial charge on any atom is 0.270 e. The molecule has 0 unspecified atom stereocenters. The molecule has 0 aromatic heterocycles. The molecule has 2 rings (SSSR count). The predicted octanol–water partition coefficient (Wildman–Crippen LogP) is 1.79. The van der Waals surface area contributed by atoms with Crippen LogP contribution >= 0.6 is 0 Å². The molecule has 0 aliphatic heterocycles. The SMILES string of the molecule is CC(C)(C)c1ccc2c([Si]O)c(O)c(O)cc2c1. The zero-order chi connectivity index (χ0) is 13.5. The van der Waals surface area contributed by atoms with Crippen molar-refractivity contribution in [3.8, 4) is 11.5 Å². The van der Waals surface area contributed by atoms with Crippen LogP contribution in [0.2, 0.25) is 0 Å². The predicted molar refractivity (Wildman–Crippen MR) is 73.6 cm³/mol. The Balaban J connectivity index is 2.76. The number of fused-ring (bicyclic) bond motifs is 1. The fourth-order valence-electron chi connectivity index (χ4n) is 1.96. The molecule has 3 N–H and O–H groups in total. The van der Waals surface area contributed by atoms with Crippen molar-refractivity contribution in [2.45, 2.75) is 26.2 Å². The normalized spacial score (nSPS) is 12.0. The van der Waals surface area contributed by atoms with Crippen LogP contribution in [0.5, 0.6) is 11.5 Å². The van der Waals surface area contributed by atoms with Crippen LogP contribution in [0.15, 0.2) is 24.3 Å². The molecular weight excluding hydrogens is 244 g/mol. The van der Waals surface area contributed by atoms with E-state index in [0.717, 1.165) is 16.3 Å². The molecule has 3 nitrogen and oxygen atoms in total. The monoisotopic (exact) mass is 260 g/mol. The third kappa shape index (κ3) is 2.09. The van der Waals surface area contributed by atoms with E-state index in [2.05, 4.69) is 20.8 Å². The fraction of sp³-hybridized carbons (Fsp3) is 0.286. The Hall–Kier alpha value is -1.52. The van der Waals surface area contributed by atoms with Crippen molar-refractivity contribution in [2.24, 2.45) is 0 Å². The molecule has 0 bridgehead atoms. The van der Waals surface area contributed by atoms with E-state index in [4.69, 9.17) is 0 Å². The lowest BCUT2D eigenvalue weighted by atomic mass is 9.86. The second-order valence-corrected chi connectivity index (χ2v) is 6.14. The van der Waals surface area contributed by atoms with Crippen molar-refractivity contribution in [1.29, 1.82) is 0 Å². The second-order valence-electron chi connectivity index (χ2n) is 5.42. The van der Waals surface area contributed by atoms with Crippen LogP contribution in [0.1, 0.15) is 26.3 Å². The molecule has 0 fully saturated rings. The zero-order valence-electron chi connectivity index (χ0n) is 10.7. The molecule has 94 valence electrons. The Kier molecular flexibility index (Phi) is 3.08. The van der Waals surface area contributed by atoms with Gasteiger partial charge in [0.1, 0.15) is 0 Å². The van der Waals surface area contributed by atoms with Crippen molar-refractivity contribution in [2.75, 3.05) is 0 Å². The molecule has 0 heterocycles. The van der Waals surface area contributed by atoms with Crippen molar-refractivity contribution in [3.63, 3.8) is 0 Å². The van der Waals surface area contributed by atoms with E-state index in [1.807, 2.05) is 18.2 Å². The standard InChI is InChI=1S/C14H16O3Si/c1-14(2,3)9-4-5-10-8(6-9)7-11(15)12(16)13(10)18-17/h4-7,15-17H,1-3H3. The summed E-state index contributed by atoms with van der Waals surface area (Å²) in [5.74, 6) is -0.419. The maximum absolute atomic E-state index is 9.72. The number of phenols is 2. The van der Waals surface area contributed by atoms with Crippen LogP contribution in [-0.2, 0) is 5.41 Å². The highest BCUT2D eigenvalue weighted by atomic mass is 28.2. The summed E-state index contributed by atoms with van der Waals surface area (Å²) in [5.41, 5.74) is 1.16. The van der Waals surface area contributed by atoms with E-state index in [0.29, 0.717) is 5.19 Å². The highest BCUT2D eigenvalue weighted by Gasteiger charge is 2.17. The first kappa shape index (κ1) is 12.9. The number of rotatable bonds is 1. The minimum absolute atomic E-state index is 0.0172. The van der Waals surface area contributed by atoms with Gasteiger partial charge in [-0.15, -0.1) is 0 Å². The van der Waals surface area contributed by atoms with Crippen LogP contribution in [0, 0.1) is 0 Å². The van der Waals surface area contributed by atoms with Gasteiger partial charge in [0.15, 0.2) is 11.5 Å². The van der Waals surface area contributed by atoms with Crippen LogP contribution in [0.4, 0.5) is 0 Å². The zero-order valence-corrected chi connectivity index (χ0v) is 11.7.